The molecule has 0 spiro atoms. The van der Waals surface area contributed by atoms with Gasteiger partial charge in [0.1, 0.15) is 4.90 Å². The molecule has 156 valence electrons. The highest BCUT2D eigenvalue weighted by atomic mass is 32.2. The van der Waals surface area contributed by atoms with E-state index in [1.54, 1.807) is 15.9 Å². The number of hydrogen-bond acceptors (Lipinski definition) is 7. The van der Waals surface area contributed by atoms with Gasteiger partial charge in [0.2, 0.25) is 15.9 Å². The Kier molecular flexibility index (Phi) is 6.93. The van der Waals surface area contributed by atoms with E-state index in [2.05, 4.69) is 4.98 Å². The molecular weight excluding hydrogens is 432 g/mol. The summed E-state index contributed by atoms with van der Waals surface area (Å²) in [5, 5.41) is 2.46. The Morgan fingerprint density at radius 1 is 1.14 bits per heavy atom. The fourth-order valence-corrected chi connectivity index (χ4v) is 5.04. The Morgan fingerprint density at radius 3 is 2.38 bits per heavy atom. The van der Waals surface area contributed by atoms with E-state index >= 15 is 0 Å². The number of thiophene rings is 1. The number of pyridine rings is 1. The average molecular weight is 455 g/mol. The topological polar surface area (TPSA) is 90.9 Å². The summed E-state index contributed by atoms with van der Waals surface area (Å²) in [6, 6.07) is 6.75. The lowest BCUT2D eigenvalue weighted by Gasteiger charge is -2.34. The molecule has 2 aromatic rings. The van der Waals surface area contributed by atoms with Gasteiger partial charge in [-0.15, -0.1) is 11.3 Å². The molecule has 29 heavy (non-hydrogen) atoms. The zero-order valence-electron chi connectivity index (χ0n) is 16.1. The van der Waals surface area contributed by atoms with Crippen molar-refractivity contribution < 1.29 is 18.0 Å². The smallest absolute Gasteiger partial charge is 0.264 e. The molecule has 1 fully saturated rings. The molecule has 1 aliphatic heterocycles. The molecule has 0 saturated carbocycles. The van der Waals surface area contributed by atoms with Gasteiger partial charge in [0, 0.05) is 46.5 Å². The second-order valence-electron chi connectivity index (χ2n) is 6.56. The van der Waals surface area contributed by atoms with Gasteiger partial charge in [0.05, 0.1) is 15.7 Å². The van der Waals surface area contributed by atoms with Crippen molar-refractivity contribution in [2.45, 2.75) is 9.92 Å². The van der Waals surface area contributed by atoms with Crippen LogP contribution >= 0.6 is 23.1 Å². The molecule has 1 saturated heterocycles. The van der Waals surface area contributed by atoms with E-state index in [4.69, 9.17) is 0 Å². The fourth-order valence-electron chi connectivity index (χ4n) is 2.76. The Hall–Kier alpha value is -1.95. The van der Waals surface area contributed by atoms with Crippen LogP contribution in [0.25, 0.3) is 0 Å². The van der Waals surface area contributed by atoms with Crippen LogP contribution in [0, 0.1) is 0 Å². The molecular formula is C18H22N4O4S3. The number of sulfonamides is 1. The van der Waals surface area contributed by atoms with Gasteiger partial charge in [-0.1, -0.05) is 17.8 Å². The maximum Gasteiger partial charge on any atom is 0.264 e. The maximum absolute atomic E-state index is 12.5. The second-order valence-corrected chi connectivity index (χ2v) is 10.7. The molecule has 11 heteroatoms. The van der Waals surface area contributed by atoms with Crippen LogP contribution in [0.2, 0.25) is 0 Å². The monoisotopic (exact) mass is 454 g/mol. The van der Waals surface area contributed by atoms with Crippen molar-refractivity contribution >= 4 is 44.9 Å². The average Bonchev–Trinajstić information content (AvgIpc) is 3.26. The van der Waals surface area contributed by atoms with Crippen molar-refractivity contribution in [3.63, 3.8) is 0 Å². The van der Waals surface area contributed by atoms with E-state index in [0.717, 1.165) is 4.31 Å². The van der Waals surface area contributed by atoms with Crippen LogP contribution in [0.3, 0.4) is 0 Å². The summed E-state index contributed by atoms with van der Waals surface area (Å²) < 4.78 is 25.2. The first kappa shape index (κ1) is 21.8. The number of aromatic nitrogens is 1. The van der Waals surface area contributed by atoms with Gasteiger partial charge in [-0.25, -0.2) is 17.7 Å². The van der Waals surface area contributed by atoms with Crippen LogP contribution in [-0.4, -0.2) is 85.3 Å². The zero-order valence-corrected chi connectivity index (χ0v) is 18.6. The van der Waals surface area contributed by atoms with Gasteiger partial charge in [0.15, 0.2) is 0 Å². The summed E-state index contributed by atoms with van der Waals surface area (Å²) in [6.45, 7) is 2.04. The molecule has 3 heterocycles. The second kappa shape index (κ2) is 9.24. The van der Waals surface area contributed by atoms with Crippen molar-refractivity contribution in [1.29, 1.82) is 0 Å². The lowest BCUT2D eigenvalue weighted by Crippen LogP contribution is -2.51. The molecule has 0 N–H and O–H groups in total. The normalized spacial score (nSPS) is 15.0. The minimum Gasteiger partial charge on any atom is -0.338 e. The summed E-state index contributed by atoms with van der Waals surface area (Å²) in [6.07, 6.45) is 1.30. The molecule has 0 bridgehead atoms. The lowest BCUT2D eigenvalue weighted by atomic mass is 10.3. The van der Waals surface area contributed by atoms with Gasteiger partial charge in [-0.2, -0.15) is 0 Å². The molecule has 2 amide bonds. The van der Waals surface area contributed by atoms with Crippen LogP contribution in [0.1, 0.15) is 9.67 Å². The van der Waals surface area contributed by atoms with Gasteiger partial charge in [-0.3, -0.25) is 9.59 Å². The Morgan fingerprint density at radius 2 is 1.83 bits per heavy atom. The predicted octanol–water partition coefficient (Wildman–Crippen LogP) is 1.47. The summed E-state index contributed by atoms with van der Waals surface area (Å²) >= 11 is 2.68. The van der Waals surface area contributed by atoms with Gasteiger partial charge >= 0.3 is 0 Å². The summed E-state index contributed by atoms with van der Waals surface area (Å²) in [7, 11) is -0.590. The number of piperazine rings is 1. The van der Waals surface area contributed by atoms with Crippen molar-refractivity contribution in [2.24, 2.45) is 0 Å². The molecule has 0 unspecified atom stereocenters. The first-order valence-corrected chi connectivity index (χ1v) is 12.2. The van der Waals surface area contributed by atoms with Gasteiger partial charge in [-0.05, 0) is 23.6 Å². The predicted molar refractivity (Wildman–Crippen MR) is 113 cm³/mol. The number of carbonyl (C=O) groups excluding carboxylic acids is 2. The highest BCUT2D eigenvalue weighted by Gasteiger charge is 2.25. The van der Waals surface area contributed by atoms with Crippen molar-refractivity contribution in [3.8, 4) is 0 Å². The molecule has 2 aromatic heterocycles. The molecule has 3 rings (SSSR count). The summed E-state index contributed by atoms with van der Waals surface area (Å²) in [5.41, 5.74) is 0. The molecule has 1 aliphatic rings. The Balaban J connectivity index is 1.49. The van der Waals surface area contributed by atoms with E-state index in [9.17, 15) is 18.0 Å². The minimum atomic E-state index is -3.52. The van der Waals surface area contributed by atoms with Crippen LogP contribution in [0.15, 0.2) is 45.8 Å². The van der Waals surface area contributed by atoms with Crippen molar-refractivity contribution in [1.82, 2.24) is 19.1 Å². The number of nitrogens with zero attached hydrogens (tertiary/aromatic N) is 4. The third-order valence-corrected chi connectivity index (χ3v) is 8.07. The Labute approximate surface area is 178 Å². The molecule has 0 radical (unpaired) electrons. The number of hydrogen-bond donors (Lipinski definition) is 0. The largest absolute Gasteiger partial charge is 0.338 e. The summed E-state index contributed by atoms with van der Waals surface area (Å²) in [5.74, 6) is 0.203. The minimum absolute atomic E-state index is 0.0124. The number of rotatable bonds is 6. The quantitative estimate of drug-likeness (QED) is 0.614. The maximum atomic E-state index is 12.5. The van der Waals surface area contributed by atoms with E-state index in [0.29, 0.717) is 36.1 Å². The number of carbonyl (C=O) groups is 2. The third kappa shape index (κ3) is 5.16. The molecule has 8 nitrogen and oxygen atoms in total. The standard InChI is InChI=1S/C18H22N4O4S3/c1-20(2)29(25,26)14-5-6-16(19-12-14)28-13-17(23)21-7-9-22(10-8-21)18(24)15-4-3-11-27-15/h3-6,11-12H,7-10,13H2,1-2H3. The van der Waals surface area contributed by atoms with Crippen LogP contribution in [0.4, 0.5) is 0 Å². The first-order chi connectivity index (χ1) is 13.8. The van der Waals surface area contributed by atoms with E-state index in [-0.39, 0.29) is 22.5 Å². The molecule has 0 atom stereocenters. The van der Waals surface area contributed by atoms with E-state index in [1.807, 2.05) is 17.5 Å². The van der Waals surface area contributed by atoms with Crippen LogP contribution < -0.4 is 0 Å². The molecule has 0 aliphatic carbocycles. The van der Waals surface area contributed by atoms with Crippen LogP contribution in [0.5, 0.6) is 0 Å². The summed E-state index contributed by atoms with van der Waals surface area (Å²) in [4.78, 5) is 33.3. The number of amides is 2. The Bertz CT molecular complexity index is 952. The number of thioether (sulfide) groups is 1. The first-order valence-electron chi connectivity index (χ1n) is 8.91. The van der Waals surface area contributed by atoms with E-state index in [1.165, 1.54) is 49.5 Å². The third-order valence-electron chi connectivity index (χ3n) is 4.48. The SMILES string of the molecule is CN(C)S(=O)(=O)c1ccc(SCC(=O)N2CCN(C(=O)c3cccs3)CC2)nc1. The van der Waals surface area contributed by atoms with Gasteiger partial charge < -0.3 is 9.80 Å². The fraction of sp³-hybridized carbons (Fsp3) is 0.389. The van der Waals surface area contributed by atoms with E-state index < -0.39 is 10.0 Å². The lowest BCUT2D eigenvalue weighted by molar-refractivity contribution is -0.129. The van der Waals surface area contributed by atoms with Crippen molar-refractivity contribution in [2.75, 3.05) is 46.0 Å². The highest BCUT2D eigenvalue weighted by Crippen LogP contribution is 2.20. The van der Waals surface area contributed by atoms with Gasteiger partial charge in [0.25, 0.3) is 5.91 Å². The molecule has 0 aromatic carbocycles. The zero-order chi connectivity index (χ0) is 21.0. The van der Waals surface area contributed by atoms with Crippen molar-refractivity contribution in [3.05, 3.63) is 40.7 Å². The van der Waals surface area contributed by atoms with Crippen LogP contribution in [-0.2, 0) is 14.8 Å². The highest BCUT2D eigenvalue weighted by molar-refractivity contribution is 7.99.